The maximum Gasteiger partial charge on any atom is 0.101 e. The van der Waals surface area contributed by atoms with Gasteiger partial charge in [-0.1, -0.05) is 17.7 Å². The largest absolute Gasteiger partial charge is 0.403 e. The third kappa shape index (κ3) is 3.56. The molecule has 0 saturated heterocycles. The van der Waals surface area contributed by atoms with Gasteiger partial charge in [-0.15, -0.1) is 0 Å². The van der Waals surface area contributed by atoms with Crippen LogP contribution in [0.2, 0.25) is 0 Å². The van der Waals surface area contributed by atoms with Gasteiger partial charge in [0.25, 0.3) is 0 Å². The van der Waals surface area contributed by atoms with Gasteiger partial charge < -0.3 is 11.1 Å². The van der Waals surface area contributed by atoms with Crippen LogP contribution >= 0.6 is 11.6 Å². The van der Waals surface area contributed by atoms with Crippen molar-refractivity contribution in [3.63, 3.8) is 0 Å². The quantitative estimate of drug-likeness (QED) is 0.553. The molecular weight excluding hydrogens is 124 g/mol. The van der Waals surface area contributed by atoms with Crippen molar-refractivity contribution in [3.8, 4) is 0 Å². The molecule has 2 nitrogen and oxygen atoms in total. The Kier molecular flexibility index (Phi) is 4.17. The summed E-state index contributed by atoms with van der Waals surface area (Å²) in [5.74, 6) is 0. The summed E-state index contributed by atoms with van der Waals surface area (Å²) in [6.07, 6.45) is 4.68. The molecule has 46 valence electrons. The van der Waals surface area contributed by atoms with E-state index in [1.165, 1.54) is 6.20 Å². The first-order chi connectivity index (χ1) is 3.81. The molecule has 0 amide bonds. The Morgan fingerprint density at radius 3 is 2.75 bits per heavy atom. The predicted octanol–water partition coefficient (Wildman–Crippen LogP) is 1.11. The number of halogens is 1. The van der Waals surface area contributed by atoms with E-state index in [-0.39, 0.29) is 0 Å². The lowest BCUT2D eigenvalue weighted by Gasteiger charge is -1.91. The zero-order valence-electron chi connectivity index (χ0n) is 4.69. The molecule has 0 bridgehead atoms. The summed E-state index contributed by atoms with van der Waals surface area (Å²) in [6, 6.07) is 0. The standard InChI is InChI=1S/C5H9ClN2/c1-2-5(6)8-4-3-7/h2-4,8H,7H2,1H3/b4-3?,5-2-. The van der Waals surface area contributed by atoms with Crippen LogP contribution < -0.4 is 11.1 Å². The van der Waals surface area contributed by atoms with E-state index in [0.29, 0.717) is 5.16 Å². The molecule has 0 aliphatic carbocycles. The summed E-state index contributed by atoms with van der Waals surface area (Å²) < 4.78 is 0. The highest BCUT2D eigenvalue weighted by Gasteiger charge is 1.77. The highest BCUT2D eigenvalue weighted by atomic mass is 35.5. The van der Waals surface area contributed by atoms with E-state index in [4.69, 9.17) is 17.3 Å². The van der Waals surface area contributed by atoms with Gasteiger partial charge in [0.05, 0.1) is 0 Å². The molecule has 0 radical (unpaired) electrons. The zero-order chi connectivity index (χ0) is 6.41. The number of nitrogens with one attached hydrogen (secondary N) is 1. The lowest BCUT2D eigenvalue weighted by atomic mass is 10.7. The molecule has 0 spiro atoms. The molecule has 3 heteroatoms. The van der Waals surface area contributed by atoms with Crippen LogP contribution in [0.15, 0.2) is 23.6 Å². The van der Waals surface area contributed by atoms with Crippen molar-refractivity contribution < 1.29 is 0 Å². The van der Waals surface area contributed by atoms with Crippen molar-refractivity contribution in [2.75, 3.05) is 0 Å². The minimum Gasteiger partial charge on any atom is -0.403 e. The first kappa shape index (κ1) is 7.37. The van der Waals surface area contributed by atoms with Crippen LogP contribution in [0, 0.1) is 0 Å². The second-order valence-electron chi connectivity index (χ2n) is 1.14. The van der Waals surface area contributed by atoms with Crippen molar-refractivity contribution in [1.82, 2.24) is 5.32 Å². The molecule has 0 aromatic rings. The SMILES string of the molecule is C/C=C(/Cl)NC=CN. The molecule has 0 fully saturated rings. The highest BCUT2D eigenvalue weighted by Crippen LogP contribution is 1.92. The van der Waals surface area contributed by atoms with Gasteiger partial charge in [0.1, 0.15) is 5.16 Å². The van der Waals surface area contributed by atoms with E-state index < -0.39 is 0 Å². The van der Waals surface area contributed by atoms with Crippen LogP contribution in [0.4, 0.5) is 0 Å². The average Bonchev–Trinajstić information content (AvgIpc) is 1.83. The van der Waals surface area contributed by atoms with E-state index >= 15 is 0 Å². The van der Waals surface area contributed by atoms with Gasteiger partial charge in [-0.3, -0.25) is 0 Å². The fourth-order valence-electron chi connectivity index (χ4n) is 0.211. The lowest BCUT2D eigenvalue weighted by molar-refractivity contribution is 1.14. The summed E-state index contributed by atoms with van der Waals surface area (Å²) >= 11 is 5.49. The number of hydrogen-bond acceptors (Lipinski definition) is 2. The monoisotopic (exact) mass is 132 g/mol. The van der Waals surface area contributed by atoms with Gasteiger partial charge in [0, 0.05) is 12.4 Å². The van der Waals surface area contributed by atoms with Crippen LogP contribution in [0.1, 0.15) is 6.92 Å². The molecule has 0 rings (SSSR count). The van der Waals surface area contributed by atoms with Crippen LogP contribution in [0.3, 0.4) is 0 Å². The van der Waals surface area contributed by atoms with Gasteiger partial charge in [0.15, 0.2) is 0 Å². The van der Waals surface area contributed by atoms with Crippen LogP contribution in [-0.4, -0.2) is 0 Å². The minimum atomic E-state index is 0.576. The fraction of sp³-hybridized carbons (Fsp3) is 0.200. The topological polar surface area (TPSA) is 38.0 Å². The van der Waals surface area contributed by atoms with Crippen molar-refractivity contribution in [3.05, 3.63) is 23.6 Å². The first-order valence-corrected chi connectivity index (χ1v) is 2.64. The van der Waals surface area contributed by atoms with Gasteiger partial charge in [-0.25, -0.2) is 0 Å². The van der Waals surface area contributed by atoms with Crippen LogP contribution in [0.5, 0.6) is 0 Å². The summed E-state index contributed by atoms with van der Waals surface area (Å²) in [6.45, 7) is 1.83. The van der Waals surface area contributed by atoms with Crippen molar-refractivity contribution in [1.29, 1.82) is 0 Å². The first-order valence-electron chi connectivity index (χ1n) is 2.26. The molecule has 0 unspecified atom stereocenters. The van der Waals surface area contributed by atoms with Crippen LogP contribution in [-0.2, 0) is 0 Å². The summed E-state index contributed by atoms with van der Waals surface area (Å²) in [5.41, 5.74) is 5.00. The second-order valence-corrected chi connectivity index (χ2v) is 1.55. The molecule has 0 atom stereocenters. The maximum atomic E-state index is 5.49. The van der Waals surface area contributed by atoms with E-state index in [0.717, 1.165) is 0 Å². The van der Waals surface area contributed by atoms with Gasteiger partial charge in [-0.2, -0.15) is 0 Å². The fourth-order valence-corrected chi connectivity index (χ4v) is 0.274. The Hall–Kier alpha value is -0.630. The number of rotatable bonds is 2. The smallest absolute Gasteiger partial charge is 0.101 e. The molecule has 0 aromatic carbocycles. The van der Waals surface area contributed by atoms with E-state index in [9.17, 15) is 0 Å². The zero-order valence-corrected chi connectivity index (χ0v) is 5.44. The van der Waals surface area contributed by atoms with Crippen molar-refractivity contribution in [2.45, 2.75) is 6.92 Å². The normalized spacial score (nSPS) is 12.5. The van der Waals surface area contributed by atoms with E-state index in [1.54, 1.807) is 12.3 Å². The molecule has 0 saturated carbocycles. The Bertz CT molecular complexity index is 107. The van der Waals surface area contributed by atoms with Crippen molar-refractivity contribution >= 4 is 11.6 Å². The van der Waals surface area contributed by atoms with Crippen LogP contribution in [0.25, 0.3) is 0 Å². The molecule has 0 aliphatic heterocycles. The Labute approximate surface area is 54.0 Å². The minimum absolute atomic E-state index is 0.576. The molecular formula is C5H9ClN2. The molecule has 8 heavy (non-hydrogen) atoms. The third-order valence-electron chi connectivity index (χ3n) is 0.571. The van der Waals surface area contributed by atoms with Gasteiger partial charge in [-0.05, 0) is 6.92 Å². The summed E-state index contributed by atoms with van der Waals surface area (Å²) in [7, 11) is 0. The predicted molar refractivity (Wildman–Crippen MR) is 36.1 cm³/mol. The van der Waals surface area contributed by atoms with Crippen molar-refractivity contribution in [2.24, 2.45) is 5.73 Å². The number of nitrogens with two attached hydrogens (primary N) is 1. The van der Waals surface area contributed by atoms with E-state index in [1.807, 2.05) is 6.92 Å². The Balaban J connectivity index is 3.40. The average molecular weight is 133 g/mol. The molecule has 0 heterocycles. The van der Waals surface area contributed by atoms with Gasteiger partial charge in [0.2, 0.25) is 0 Å². The molecule has 0 aliphatic rings. The summed E-state index contributed by atoms with van der Waals surface area (Å²) in [4.78, 5) is 0. The Morgan fingerprint density at radius 1 is 1.75 bits per heavy atom. The Morgan fingerprint density at radius 2 is 2.38 bits per heavy atom. The second kappa shape index (κ2) is 4.53. The third-order valence-corrected chi connectivity index (χ3v) is 0.898. The maximum absolute atomic E-state index is 5.49. The molecule has 0 aromatic heterocycles. The lowest BCUT2D eigenvalue weighted by Crippen LogP contribution is -1.98. The van der Waals surface area contributed by atoms with Gasteiger partial charge >= 0.3 is 0 Å². The number of hydrogen-bond donors (Lipinski definition) is 2. The van der Waals surface area contributed by atoms with E-state index in [2.05, 4.69) is 5.32 Å². The summed E-state index contributed by atoms with van der Waals surface area (Å²) in [5, 5.41) is 3.28. The molecule has 3 N–H and O–H groups in total. The highest BCUT2D eigenvalue weighted by molar-refractivity contribution is 6.29. The number of allylic oxidation sites excluding steroid dienone is 1.